The summed E-state index contributed by atoms with van der Waals surface area (Å²) in [6, 6.07) is 8.03. The van der Waals surface area contributed by atoms with E-state index < -0.39 is 0 Å². The van der Waals surface area contributed by atoms with Gasteiger partial charge >= 0.3 is 0 Å². The third-order valence-electron chi connectivity index (χ3n) is 2.12. The summed E-state index contributed by atoms with van der Waals surface area (Å²) in [6.45, 7) is 15.1. The van der Waals surface area contributed by atoms with E-state index in [2.05, 4.69) is 26.3 Å². The van der Waals surface area contributed by atoms with Gasteiger partial charge in [-0.1, -0.05) is 62.7 Å². The molecule has 0 amide bonds. The molecule has 1 rings (SSSR count). The van der Waals surface area contributed by atoms with Crippen LogP contribution in [0.5, 0.6) is 0 Å². The van der Waals surface area contributed by atoms with E-state index in [1.165, 1.54) is 0 Å². The maximum absolute atomic E-state index is 3.88. The lowest BCUT2D eigenvalue weighted by Crippen LogP contribution is -1.82. The molecule has 0 radical (unpaired) electrons. The molecule has 0 aliphatic carbocycles. The lowest BCUT2D eigenvalue weighted by molar-refractivity contribution is 1.58. The fourth-order valence-electron chi connectivity index (χ4n) is 1.13. The van der Waals surface area contributed by atoms with Crippen molar-refractivity contribution in [1.82, 2.24) is 0 Å². The van der Waals surface area contributed by atoms with Gasteiger partial charge in [-0.15, -0.1) is 0 Å². The van der Waals surface area contributed by atoms with Crippen molar-refractivity contribution in [1.29, 1.82) is 0 Å². The Labute approximate surface area is 85.6 Å². The van der Waals surface area contributed by atoms with Gasteiger partial charge in [0.05, 0.1) is 0 Å². The fourth-order valence-corrected chi connectivity index (χ4v) is 1.13. The SMILES string of the molecule is C=CC(=C)c1ccc(C(=C)C=C)cc1. The molecule has 0 aliphatic rings. The number of hydrogen-bond acceptors (Lipinski definition) is 0. The number of rotatable bonds is 4. The zero-order chi connectivity index (χ0) is 10.6. The zero-order valence-corrected chi connectivity index (χ0v) is 8.29. The third-order valence-corrected chi connectivity index (χ3v) is 2.12. The lowest BCUT2D eigenvalue weighted by atomic mass is 10.0. The minimum absolute atomic E-state index is 0.931. The monoisotopic (exact) mass is 182 g/mol. The van der Waals surface area contributed by atoms with E-state index in [1.807, 2.05) is 24.3 Å². The number of benzene rings is 1. The summed E-state index contributed by atoms with van der Waals surface area (Å²) in [5.74, 6) is 0. The minimum atomic E-state index is 0.931. The molecule has 0 fully saturated rings. The molecular weight excluding hydrogens is 168 g/mol. The zero-order valence-electron chi connectivity index (χ0n) is 8.29. The second-order valence-corrected chi connectivity index (χ2v) is 3.04. The smallest absolute Gasteiger partial charge is 0.0190 e. The summed E-state index contributed by atoms with van der Waals surface area (Å²) in [4.78, 5) is 0. The lowest BCUT2D eigenvalue weighted by Gasteiger charge is -2.03. The van der Waals surface area contributed by atoms with Crippen molar-refractivity contribution < 1.29 is 0 Å². The Morgan fingerprint density at radius 3 is 1.29 bits per heavy atom. The highest BCUT2D eigenvalue weighted by molar-refractivity contribution is 5.75. The van der Waals surface area contributed by atoms with Gasteiger partial charge in [0.1, 0.15) is 0 Å². The average Bonchev–Trinajstić information content (AvgIpc) is 2.27. The molecule has 1 aromatic rings. The van der Waals surface area contributed by atoms with Crippen LogP contribution in [0.3, 0.4) is 0 Å². The van der Waals surface area contributed by atoms with Crippen LogP contribution in [-0.2, 0) is 0 Å². The Kier molecular flexibility index (Phi) is 3.24. The van der Waals surface area contributed by atoms with Crippen molar-refractivity contribution in [2.45, 2.75) is 0 Å². The molecule has 0 nitrogen and oxygen atoms in total. The highest BCUT2D eigenvalue weighted by Crippen LogP contribution is 2.18. The van der Waals surface area contributed by atoms with Crippen LogP contribution in [0.2, 0.25) is 0 Å². The summed E-state index contributed by atoms with van der Waals surface area (Å²) in [6.07, 6.45) is 3.49. The molecule has 0 spiro atoms. The maximum atomic E-state index is 3.88. The van der Waals surface area contributed by atoms with Gasteiger partial charge in [-0.25, -0.2) is 0 Å². The van der Waals surface area contributed by atoms with Gasteiger partial charge in [0.15, 0.2) is 0 Å². The Morgan fingerprint density at radius 2 is 1.07 bits per heavy atom. The first-order valence-electron chi connectivity index (χ1n) is 4.42. The van der Waals surface area contributed by atoms with Gasteiger partial charge in [-0.05, 0) is 22.3 Å². The Balaban J connectivity index is 2.99. The molecular formula is C14H14. The van der Waals surface area contributed by atoms with Crippen LogP contribution in [0.4, 0.5) is 0 Å². The van der Waals surface area contributed by atoms with E-state index in [-0.39, 0.29) is 0 Å². The highest BCUT2D eigenvalue weighted by atomic mass is 14.0. The van der Waals surface area contributed by atoms with Gasteiger partial charge in [0.25, 0.3) is 0 Å². The van der Waals surface area contributed by atoms with Gasteiger partial charge in [-0.3, -0.25) is 0 Å². The van der Waals surface area contributed by atoms with Crippen LogP contribution in [0, 0.1) is 0 Å². The molecule has 0 aromatic heterocycles. The molecule has 0 heterocycles. The molecule has 0 atom stereocenters. The van der Waals surface area contributed by atoms with Gasteiger partial charge in [-0.2, -0.15) is 0 Å². The summed E-state index contributed by atoms with van der Waals surface area (Å²) < 4.78 is 0. The summed E-state index contributed by atoms with van der Waals surface area (Å²) in [5, 5.41) is 0. The Morgan fingerprint density at radius 1 is 0.786 bits per heavy atom. The highest BCUT2D eigenvalue weighted by Gasteiger charge is 1.96. The number of allylic oxidation sites excluding steroid dienone is 4. The molecule has 0 heteroatoms. The molecule has 0 N–H and O–H groups in total. The summed E-state index contributed by atoms with van der Waals surface area (Å²) in [7, 11) is 0. The fraction of sp³-hybridized carbons (Fsp3) is 0. The molecule has 0 saturated carbocycles. The normalized spacial score (nSPS) is 9.14. The van der Waals surface area contributed by atoms with Gasteiger partial charge in [0.2, 0.25) is 0 Å². The Hall–Kier alpha value is -1.82. The van der Waals surface area contributed by atoms with Crippen LogP contribution < -0.4 is 0 Å². The molecule has 70 valence electrons. The van der Waals surface area contributed by atoms with Crippen LogP contribution in [-0.4, -0.2) is 0 Å². The average molecular weight is 182 g/mol. The van der Waals surface area contributed by atoms with E-state index in [4.69, 9.17) is 0 Å². The van der Waals surface area contributed by atoms with E-state index >= 15 is 0 Å². The molecule has 0 aliphatic heterocycles. The second kappa shape index (κ2) is 4.43. The first-order valence-corrected chi connectivity index (χ1v) is 4.42. The van der Waals surface area contributed by atoms with Crippen LogP contribution in [0.25, 0.3) is 11.1 Å². The topological polar surface area (TPSA) is 0 Å². The standard InChI is InChI=1S/C14H14/c1-5-11(3)13-7-9-14(10-8-13)12(4)6-2/h5-10H,1-4H2. The van der Waals surface area contributed by atoms with Crippen molar-refractivity contribution in [3.8, 4) is 0 Å². The minimum Gasteiger partial charge on any atom is -0.0985 e. The molecule has 1 aromatic carbocycles. The predicted molar refractivity (Wildman–Crippen MR) is 64.9 cm³/mol. The van der Waals surface area contributed by atoms with Crippen LogP contribution >= 0.6 is 0 Å². The summed E-state index contributed by atoms with van der Waals surface area (Å²) in [5.41, 5.74) is 4.03. The first-order chi connectivity index (χ1) is 6.69. The predicted octanol–water partition coefficient (Wildman–Crippen LogP) is 4.09. The van der Waals surface area contributed by atoms with Crippen LogP contribution in [0.15, 0.2) is 62.7 Å². The van der Waals surface area contributed by atoms with E-state index in [0.29, 0.717) is 0 Å². The van der Waals surface area contributed by atoms with Crippen molar-refractivity contribution in [3.05, 3.63) is 73.9 Å². The number of hydrogen-bond donors (Lipinski definition) is 0. The van der Waals surface area contributed by atoms with Crippen molar-refractivity contribution >= 4 is 11.1 Å². The molecule has 14 heavy (non-hydrogen) atoms. The van der Waals surface area contributed by atoms with E-state index in [0.717, 1.165) is 22.3 Å². The molecule has 0 unspecified atom stereocenters. The van der Waals surface area contributed by atoms with E-state index in [1.54, 1.807) is 12.2 Å². The quantitative estimate of drug-likeness (QED) is 0.615. The summed E-state index contributed by atoms with van der Waals surface area (Å²) >= 11 is 0. The van der Waals surface area contributed by atoms with E-state index in [9.17, 15) is 0 Å². The maximum Gasteiger partial charge on any atom is -0.0190 e. The van der Waals surface area contributed by atoms with Crippen molar-refractivity contribution in [2.75, 3.05) is 0 Å². The third kappa shape index (κ3) is 2.11. The second-order valence-electron chi connectivity index (χ2n) is 3.04. The van der Waals surface area contributed by atoms with Crippen LogP contribution in [0.1, 0.15) is 11.1 Å². The molecule has 0 saturated heterocycles. The van der Waals surface area contributed by atoms with Crippen molar-refractivity contribution in [2.24, 2.45) is 0 Å². The Bertz CT molecular complexity index is 338. The van der Waals surface area contributed by atoms with Gasteiger partial charge < -0.3 is 0 Å². The van der Waals surface area contributed by atoms with Gasteiger partial charge in [0, 0.05) is 0 Å². The largest absolute Gasteiger partial charge is 0.0985 e. The molecule has 0 bridgehead atoms. The first kappa shape index (κ1) is 10.3. The van der Waals surface area contributed by atoms with Crippen molar-refractivity contribution in [3.63, 3.8) is 0 Å².